The fourth-order valence-electron chi connectivity index (χ4n) is 7.16. The molecule has 0 spiro atoms. The molecule has 3 heterocycles. The lowest BCUT2D eigenvalue weighted by Gasteiger charge is -2.15. The van der Waals surface area contributed by atoms with E-state index in [1.54, 1.807) is 6.20 Å². The molecule has 0 bridgehead atoms. The normalized spacial score (nSPS) is 11.3. The van der Waals surface area contributed by atoms with E-state index in [1.807, 2.05) is 72.9 Å². The Labute approximate surface area is 276 Å². The molecule has 0 N–H and O–H groups in total. The molecule has 0 aliphatic rings. The first-order valence-electron chi connectivity index (χ1n) is 15.8. The van der Waals surface area contributed by atoms with Crippen molar-refractivity contribution in [3.05, 3.63) is 163 Å². The second-order valence-electron chi connectivity index (χ2n) is 11.9. The number of nitrogens with zero attached hydrogens (tertiary/aromatic N) is 5. The van der Waals surface area contributed by atoms with Crippen molar-refractivity contribution in [2.45, 2.75) is 0 Å². The summed E-state index contributed by atoms with van der Waals surface area (Å²) in [5.74, 6) is 0. The molecule has 0 saturated carbocycles. The van der Waals surface area contributed by atoms with E-state index >= 15 is 0 Å². The number of nitriles is 2. The molecule has 0 amide bonds. The molecular formula is C43H25N5. The van der Waals surface area contributed by atoms with Gasteiger partial charge in [-0.15, -0.1) is 0 Å². The maximum atomic E-state index is 11.1. The van der Waals surface area contributed by atoms with Crippen LogP contribution in [0.2, 0.25) is 0 Å². The largest absolute Gasteiger partial charge is 0.308 e. The van der Waals surface area contributed by atoms with Gasteiger partial charge in [-0.1, -0.05) is 91.0 Å². The van der Waals surface area contributed by atoms with E-state index in [-0.39, 0.29) is 0 Å². The number of hydrogen-bond acceptors (Lipinski definition) is 3. The highest BCUT2D eigenvalue weighted by Crippen LogP contribution is 2.42. The molecule has 48 heavy (non-hydrogen) atoms. The molecule has 3 aromatic heterocycles. The smallest absolute Gasteiger partial charge is 0.104 e. The van der Waals surface area contributed by atoms with Gasteiger partial charge in [0.2, 0.25) is 0 Å². The molecule has 6 aromatic carbocycles. The molecular weight excluding hydrogens is 587 g/mol. The van der Waals surface area contributed by atoms with E-state index < -0.39 is 0 Å². The minimum atomic E-state index is 0.430. The highest BCUT2D eigenvalue weighted by molar-refractivity contribution is 6.15. The molecule has 5 nitrogen and oxygen atoms in total. The van der Waals surface area contributed by atoms with Crippen LogP contribution in [-0.2, 0) is 0 Å². The molecule has 0 aliphatic carbocycles. The fourth-order valence-corrected chi connectivity index (χ4v) is 7.16. The first-order chi connectivity index (χ1) is 23.7. The maximum absolute atomic E-state index is 11.1. The Bertz CT molecular complexity index is 2780. The Morgan fingerprint density at radius 3 is 1.65 bits per heavy atom. The Morgan fingerprint density at radius 2 is 1.04 bits per heavy atom. The number of benzene rings is 6. The standard InChI is InChI=1S/C43H25N5/c44-25-32-24-36-34-22-30(28-10-4-1-5-11-28)16-18-39(34)47(33-14-8-3-9-15-33)43(36)37(26-45)42(32)48-40-19-17-31(29-12-6-2-7-13-29)23-35(40)38-27-46-21-20-41(38)48/h1-24,27H. The second kappa shape index (κ2) is 10.8. The van der Waals surface area contributed by atoms with Crippen LogP contribution in [0.3, 0.4) is 0 Å². The first-order valence-corrected chi connectivity index (χ1v) is 15.8. The van der Waals surface area contributed by atoms with Crippen LogP contribution in [0, 0.1) is 22.7 Å². The fraction of sp³-hybridized carbons (Fsp3) is 0. The van der Waals surface area contributed by atoms with Gasteiger partial charge in [-0.05, 0) is 70.8 Å². The summed E-state index contributed by atoms with van der Waals surface area (Å²) in [4.78, 5) is 4.48. The molecule has 5 heteroatoms. The minimum absolute atomic E-state index is 0.430. The summed E-state index contributed by atoms with van der Waals surface area (Å²) >= 11 is 0. The van der Waals surface area contributed by atoms with Gasteiger partial charge in [0.15, 0.2) is 0 Å². The van der Waals surface area contributed by atoms with Crippen molar-refractivity contribution in [3.63, 3.8) is 0 Å². The molecule has 0 radical (unpaired) electrons. The van der Waals surface area contributed by atoms with E-state index in [0.29, 0.717) is 16.8 Å². The van der Waals surface area contributed by atoms with Gasteiger partial charge in [0, 0.05) is 39.6 Å². The second-order valence-corrected chi connectivity index (χ2v) is 11.9. The van der Waals surface area contributed by atoms with Gasteiger partial charge in [-0.25, -0.2) is 0 Å². The average Bonchev–Trinajstić information content (AvgIpc) is 3.66. The Hall–Kier alpha value is -6.95. The monoisotopic (exact) mass is 611 g/mol. The quantitative estimate of drug-likeness (QED) is 0.199. The van der Waals surface area contributed by atoms with Crippen LogP contribution >= 0.6 is 0 Å². The Morgan fingerprint density at radius 1 is 0.479 bits per heavy atom. The van der Waals surface area contributed by atoms with Crippen LogP contribution in [-0.4, -0.2) is 14.1 Å². The predicted octanol–water partition coefficient (Wildman–Crippen LogP) is 10.4. The van der Waals surface area contributed by atoms with Gasteiger partial charge in [-0.3, -0.25) is 4.98 Å². The maximum Gasteiger partial charge on any atom is 0.104 e. The summed E-state index contributed by atoms with van der Waals surface area (Å²) in [6, 6.07) is 52.4. The van der Waals surface area contributed by atoms with Crippen LogP contribution in [0.1, 0.15) is 11.1 Å². The molecule has 0 atom stereocenters. The first kappa shape index (κ1) is 27.4. The van der Waals surface area contributed by atoms with Crippen LogP contribution < -0.4 is 0 Å². The number of fused-ring (bicyclic) bond motifs is 6. The molecule has 222 valence electrons. The minimum Gasteiger partial charge on any atom is -0.308 e. The molecule has 9 aromatic rings. The van der Waals surface area contributed by atoms with Crippen LogP contribution in [0.5, 0.6) is 0 Å². The third-order valence-corrected chi connectivity index (χ3v) is 9.27. The summed E-state index contributed by atoms with van der Waals surface area (Å²) in [6.45, 7) is 0. The van der Waals surface area contributed by atoms with Crippen molar-refractivity contribution >= 4 is 43.6 Å². The van der Waals surface area contributed by atoms with E-state index in [9.17, 15) is 10.5 Å². The zero-order chi connectivity index (χ0) is 32.2. The van der Waals surface area contributed by atoms with Gasteiger partial charge in [0.1, 0.15) is 17.7 Å². The third kappa shape index (κ3) is 4.06. The summed E-state index contributed by atoms with van der Waals surface area (Å²) in [6.07, 6.45) is 3.63. The van der Waals surface area contributed by atoms with Gasteiger partial charge in [0.05, 0.1) is 33.3 Å². The van der Waals surface area contributed by atoms with Crippen molar-refractivity contribution in [3.8, 4) is 45.8 Å². The zero-order valence-corrected chi connectivity index (χ0v) is 25.7. The molecule has 9 rings (SSSR count). The third-order valence-electron chi connectivity index (χ3n) is 9.27. The Kier molecular flexibility index (Phi) is 6.18. The molecule has 0 aliphatic heterocycles. The van der Waals surface area contributed by atoms with E-state index in [4.69, 9.17) is 0 Å². The van der Waals surface area contributed by atoms with E-state index in [0.717, 1.165) is 71.6 Å². The van der Waals surface area contributed by atoms with Crippen LogP contribution in [0.4, 0.5) is 0 Å². The van der Waals surface area contributed by atoms with Crippen molar-refractivity contribution < 1.29 is 0 Å². The summed E-state index contributed by atoms with van der Waals surface area (Å²) in [7, 11) is 0. The van der Waals surface area contributed by atoms with Crippen molar-refractivity contribution in [1.29, 1.82) is 10.5 Å². The van der Waals surface area contributed by atoms with Gasteiger partial charge in [-0.2, -0.15) is 10.5 Å². The van der Waals surface area contributed by atoms with Gasteiger partial charge < -0.3 is 9.13 Å². The van der Waals surface area contributed by atoms with Gasteiger partial charge >= 0.3 is 0 Å². The lowest BCUT2D eigenvalue weighted by Crippen LogP contribution is -2.04. The van der Waals surface area contributed by atoms with Crippen molar-refractivity contribution in [2.75, 3.05) is 0 Å². The molecule has 0 fully saturated rings. The highest BCUT2D eigenvalue weighted by atomic mass is 15.0. The lowest BCUT2D eigenvalue weighted by atomic mass is 9.99. The highest BCUT2D eigenvalue weighted by Gasteiger charge is 2.25. The number of hydrogen-bond donors (Lipinski definition) is 0. The average molecular weight is 612 g/mol. The van der Waals surface area contributed by atoms with Gasteiger partial charge in [0.25, 0.3) is 0 Å². The predicted molar refractivity (Wildman–Crippen MR) is 193 cm³/mol. The topological polar surface area (TPSA) is 70.3 Å². The van der Waals surface area contributed by atoms with E-state index in [1.165, 1.54) is 0 Å². The molecule has 0 unspecified atom stereocenters. The van der Waals surface area contributed by atoms with Crippen molar-refractivity contribution in [2.24, 2.45) is 0 Å². The van der Waals surface area contributed by atoms with Crippen LogP contribution in [0.15, 0.2) is 152 Å². The number of rotatable bonds is 4. The zero-order valence-electron chi connectivity index (χ0n) is 25.7. The lowest BCUT2D eigenvalue weighted by molar-refractivity contribution is 1.13. The van der Waals surface area contributed by atoms with Crippen molar-refractivity contribution in [1.82, 2.24) is 14.1 Å². The SMILES string of the molecule is N#Cc1cc2c3cc(-c4ccccc4)ccc3n(-c3ccccc3)c2c(C#N)c1-n1c2ccncc2c2cc(-c3ccccc3)ccc21. The van der Waals surface area contributed by atoms with Crippen LogP contribution in [0.25, 0.3) is 77.2 Å². The number of aromatic nitrogens is 3. The Balaban J connectivity index is 1.42. The number of pyridine rings is 1. The molecule has 0 saturated heterocycles. The summed E-state index contributed by atoms with van der Waals surface area (Å²) in [5, 5.41) is 25.7. The summed E-state index contributed by atoms with van der Waals surface area (Å²) in [5.41, 5.74) is 10.3. The summed E-state index contributed by atoms with van der Waals surface area (Å²) < 4.78 is 4.23. The number of para-hydroxylation sites is 1. The van der Waals surface area contributed by atoms with E-state index in [2.05, 4.69) is 99.1 Å².